The fraction of sp³-hybridized carbons (Fsp3) is 0.533. The van der Waals surface area contributed by atoms with E-state index in [4.69, 9.17) is 11.5 Å². The summed E-state index contributed by atoms with van der Waals surface area (Å²) in [7, 11) is 0. The van der Waals surface area contributed by atoms with Gasteiger partial charge in [0, 0.05) is 19.1 Å². The van der Waals surface area contributed by atoms with E-state index in [9.17, 15) is 9.18 Å². The minimum Gasteiger partial charge on any atom is -0.367 e. The molecule has 1 fully saturated rings. The molecule has 1 saturated heterocycles. The van der Waals surface area contributed by atoms with E-state index in [0.29, 0.717) is 18.2 Å². The Balaban J connectivity index is 2.33. The number of amides is 1. The van der Waals surface area contributed by atoms with Crippen LogP contribution in [0, 0.1) is 11.7 Å². The monoisotopic (exact) mass is 279 g/mol. The van der Waals surface area contributed by atoms with Gasteiger partial charge in [-0.15, -0.1) is 0 Å². The molecule has 4 nitrogen and oxygen atoms in total. The Kier molecular flexibility index (Phi) is 4.60. The van der Waals surface area contributed by atoms with E-state index in [1.165, 1.54) is 12.1 Å². The van der Waals surface area contributed by atoms with Gasteiger partial charge in [0.05, 0.1) is 11.3 Å². The van der Waals surface area contributed by atoms with Crippen molar-refractivity contribution in [2.45, 2.75) is 32.2 Å². The number of anilines is 1. The second-order valence-corrected chi connectivity index (χ2v) is 5.41. The number of carbonyl (C=O) groups excluding carboxylic acids is 1. The molecule has 2 atom stereocenters. The number of hydrogen-bond donors (Lipinski definition) is 2. The molecule has 1 amide bonds. The van der Waals surface area contributed by atoms with E-state index in [0.717, 1.165) is 25.8 Å². The maximum Gasteiger partial charge on any atom is 0.250 e. The largest absolute Gasteiger partial charge is 0.367 e. The SMILES string of the molecule is CCC1CCN(c2ccc(F)cc2C(N)=O)C(CN)C1. The number of benzene rings is 1. The first-order valence-corrected chi connectivity index (χ1v) is 7.12. The van der Waals surface area contributed by atoms with E-state index in [1.54, 1.807) is 6.07 Å². The summed E-state index contributed by atoms with van der Waals surface area (Å²) in [4.78, 5) is 13.6. The minimum atomic E-state index is -0.604. The molecule has 0 aliphatic carbocycles. The molecule has 2 unspecified atom stereocenters. The predicted octanol–water partition coefficient (Wildman–Crippen LogP) is 1.88. The molecule has 0 radical (unpaired) electrons. The summed E-state index contributed by atoms with van der Waals surface area (Å²) in [6.45, 7) is 3.53. The number of piperidine rings is 1. The lowest BCUT2D eigenvalue weighted by molar-refractivity contribution is 0.1000. The molecular weight excluding hydrogens is 257 g/mol. The lowest BCUT2D eigenvalue weighted by Gasteiger charge is -2.41. The van der Waals surface area contributed by atoms with Crippen LogP contribution in [0.2, 0.25) is 0 Å². The topological polar surface area (TPSA) is 72.3 Å². The maximum atomic E-state index is 13.3. The second kappa shape index (κ2) is 6.22. The maximum absolute atomic E-state index is 13.3. The summed E-state index contributed by atoms with van der Waals surface area (Å²) >= 11 is 0. The summed E-state index contributed by atoms with van der Waals surface area (Å²) in [6.07, 6.45) is 3.20. The predicted molar refractivity (Wildman–Crippen MR) is 78.1 cm³/mol. The third-order valence-corrected chi connectivity index (χ3v) is 4.21. The van der Waals surface area contributed by atoms with Gasteiger partial charge in [0.15, 0.2) is 0 Å². The van der Waals surface area contributed by atoms with Gasteiger partial charge in [-0.05, 0) is 37.0 Å². The Labute approximate surface area is 118 Å². The van der Waals surface area contributed by atoms with Crippen LogP contribution in [0.15, 0.2) is 18.2 Å². The van der Waals surface area contributed by atoms with Crippen LogP contribution in [0.4, 0.5) is 10.1 Å². The molecule has 0 bridgehead atoms. The molecule has 4 N–H and O–H groups in total. The van der Waals surface area contributed by atoms with Crippen molar-refractivity contribution in [3.63, 3.8) is 0 Å². The van der Waals surface area contributed by atoms with Crippen LogP contribution in [0.5, 0.6) is 0 Å². The van der Waals surface area contributed by atoms with Crippen molar-refractivity contribution in [3.05, 3.63) is 29.6 Å². The third kappa shape index (κ3) is 2.93. The number of primary amides is 1. The zero-order chi connectivity index (χ0) is 14.7. The van der Waals surface area contributed by atoms with Crippen molar-refractivity contribution in [1.29, 1.82) is 0 Å². The van der Waals surface area contributed by atoms with Crippen molar-refractivity contribution >= 4 is 11.6 Å². The summed E-state index contributed by atoms with van der Waals surface area (Å²) < 4.78 is 13.3. The lowest BCUT2D eigenvalue weighted by Crippen LogP contribution is -2.47. The number of nitrogens with zero attached hydrogens (tertiary/aromatic N) is 1. The quantitative estimate of drug-likeness (QED) is 0.884. The molecule has 2 rings (SSSR count). The van der Waals surface area contributed by atoms with Crippen molar-refractivity contribution < 1.29 is 9.18 Å². The number of hydrogen-bond acceptors (Lipinski definition) is 3. The molecule has 1 aromatic rings. The zero-order valence-electron chi connectivity index (χ0n) is 11.8. The summed E-state index contributed by atoms with van der Waals surface area (Å²) in [6, 6.07) is 4.38. The van der Waals surface area contributed by atoms with E-state index in [-0.39, 0.29) is 11.6 Å². The van der Waals surface area contributed by atoms with Gasteiger partial charge in [-0.2, -0.15) is 0 Å². The van der Waals surface area contributed by atoms with Crippen molar-refractivity contribution in [2.24, 2.45) is 17.4 Å². The lowest BCUT2D eigenvalue weighted by atomic mass is 9.88. The smallest absolute Gasteiger partial charge is 0.250 e. The third-order valence-electron chi connectivity index (χ3n) is 4.21. The van der Waals surface area contributed by atoms with Gasteiger partial charge in [0.1, 0.15) is 5.82 Å². The number of carbonyl (C=O) groups is 1. The second-order valence-electron chi connectivity index (χ2n) is 5.41. The first-order chi connectivity index (χ1) is 9.56. The fourth-order valence-electron chi connectivity index (χ4n) is 3.00. The van der Waals surface area contributed by atoms with Crippen LogP contribution in [0.1, 0.15) is 36.5 Å². The van der Waals surface area contributed by atoms with Gasteiger partial charge in [0.25, 0.3) is 5.91 Å². The Morgan fingerprint density at radius 2 is 2.25 bits per heavy atom. The standard InChI is InChI=1S/C15H22FN3O/c1-2-10-5-6-19(12(7-10)9-17)14-4-3-11(16)8-13(14)15(18)20/h3-4,8,10,12H,2,5-7,9,17H2,1H3,(H2,18,20). The van der Waals surface area contributed by atoms with Crippen LogP contribution in [0.25, 0.3) is 0 Å². The normalized spacial score (nSPS) is 22.9. The van der Waals surface area contributed by atoms with Gasteiger partial charge in [-0.25, -0.2) is 4.39 Å². The average molecular weight is 279 g/mol. The van der Waals surface area contributed by atoms with Gasteiger partial charge in [-0.3, -0.25) is 4.79 Å². The highest BCUT2D eigenvalue weighted by Crippen LogP contribution is 2.31. The molecule has 1 aliphatic heterocycles. The molecule has 110 valence electrons. The van der Waals surface area contributed by atoms with Crippen molar-refractivity contribution in [2.75, 3.05) is 18.0 Å². The number of rotatable bonds is 4. The molecular formula is C15H22FN3O. The Morgan fingerprint density at radius 3 is 2.85 bits per heavy atom. The highest BCUT2D eigenvalue weighted by atomic mass is 19.1. The van der Waals surface area contributed by atoms with Crippen molar-refractivity contribution in [3.8, 4) is 0 Å². The molecule has 0 spiro atoms. The van der Waals surface area contributed by atoms with Gasteiger partial charge in [-0.1, -0.05) is 13.3 Å². The van der Waals surface area contributed by atoms with Gasteiger partial charge in [0.2, 0.25) is 0 Å². The van der Waals surface area contributed by atoms with E-state index < -0.39 is 11.7 Å². The van der Waals surface area contributed by atoms with E-state index in [2.05, 4.69) is 11.8 Å². The van der Waals surface area contributed by atoms with Crippen LogP contribution in [-0.2, 0) is 0 Å². The highest BCUT2D eigenvalue weighted by molar-refractivity contribution is 5.98. The minimum absolute atomic E-state index is 0.178. The fourth-order valence-corrected chi connectivity index (χ4v) is 3.00. The summed E-state index contributed by atoms with van der Waals surface area (Å²) in [5.74, 6) is -0.388. The van der Waals surface area contributed by atoms with E-state index in [1.807, 2.05) is 0 Å². The first-order valence-electron chi connectivity index (χ1n) is 7.12. The number of nitrogens with two attached hydrogens (primary N) is 2. The van der Waals surface area contributed by atoms with Gasteiger partial charge < -0.3 is 16.4 Å². The number of halogens is 1. The molecule has 0 saturated carbocycles. The average Bonchev–Trinajstić information content (AvgIpc) is 2.46. The summed E-state index contributed by atoms with van der Waals surface area (Å²) in [5, 5.41) is 0. The Hall–Kier alpha value is -1.62. The first kappa shape index (κ1) is 14.8. The van der Waals surface area contributed by atoms with E-state index >= 15 is 0 Å². The van der Waals surface area contributed by atoms with Crippen molar-refractivity contribution in [1.82, 2.24) is 0 Å². The molecule has 20 heavy (non-hydrogen) atoms. The molecule has 1 aromatic carbocycles. The molecule has 1 aliphatic rings. The molecule has 1 heterocycles. The van der Waals surface area contributed by atoms with Crippen LogP contribution >= 0.6 is 0 Å². The summed E-state index contributed by atoms with van der Waals surface area (Å²) in [5.41, 5.74) is 12.2. The zero-order valence-corrected chi connectivity index (χ0v) is 11.8. The molecule has 5 heteroatoms. The molecule has 0 aromatic heterocycles. The Morgan fingerprint density at radius 1 is 1.50 bits per heavy atom. The highest BCUT2D eigenvalue weighted by Gasteiger charge is 2.29. The van der Waals surface area contributed by atoms with Gasteiger partial charge >= 0.3 is 0 Å². The van der Waals surface area contributed by atoms with Crippen LogP contribution in [0.3, 0.4) is 0 Å². The Bertz CT molecular complexity index is 492. The van der Waals surface area contributed by atoms with Crippen LogP contribution < -0.4 is 16.4 Å². The van der Waals surface area contributed by atoms with Crippen LogP contribution in [-0.4, -0.2) is 25.0 Å².